The van der Waals surface area contributed by atoms with Gasteiger partial charge in [-0.05, 0) is 30.5 Å². The van der Waals surface area contributed by atoms with Crippen molar-refractivity contribution in [1.29, 1.82) is 0 Å². The Hall–Kier alpha value is -1.44. The highest BCUT2D eigenvalue weighted by molar-refractivity contribution is 7.88. The predicted molar refractivity (Wildman–Crippen MR) is 79.2 cm³/mol. The van der Waals surface area contributed by atoms with Crippen LogP contribution >= 0.6 is 0 Å². The molecule has 0 aromatic heterocycles. The Morgan fingerprint density at radius 2 is 2.05 bits per heavy atom. The molecule has 1 aliphatic heterocycles. The summed E-state index contributed by atoms with van der Waals surface area (Å²) in [5, 5.41) is 0. The van der Waals surface area contributed by atoms with Gasteiger partial charge in [-0.2, -0.15) is 0 Å². The number of methoxy groups -OCH3 is 1. The quantitative estimate of drug-likeness (QED) is 0.828. The molecule has 0 unspecified atom stereocenters. The molecule has 1 fully saturated rings. The number of esters is 1. The van der Waals surface area contributed by atoms with Crippen molar-refractivity contribution in [2.75, 3.05) is 20.2 Å². The fraction of sp³-hybridized carbons (Fsp3) is 0.500. The molecule has 1 aromatic rings. The zero-order chi connectivity index (χ0) is 15.5. The van der Waals surface area contributed by atoms with Gasteiger partial charge in [0.2, 0.25) is 10.0 Å². The van der Waals surface area contributed by atoms with Gasteiger partial charge in [-0.1, -0.05) is 12.1 Å². The van der Waals surface area contributed by atoms with E-state index < -0.39 is 16.0 Å². The first-order chi connectivity index (χ1) is 9.92. The molecule has 1 heterocycles. The summed E-state index contributed by atoms with van der Waals surface area (Å²) in [7, 11) is -2.09. The number of piperidine rings is 1. The van der Waals surface area contributed by atoms with Crippen molar-refractivity contribution in [2.24, 2.45) is 5.73 Å². The van der Waals surface area contributed by atoms with E-state index in [0.29, 0.717) is 37.1 Å². The van der Waals surface area contributed by atoms with Crippen molar-refractivity contribution in [2.45, 2.75) is 24.6 Å². The van der Waals surface area contributed by atoms with Crippen LogP contribution in [0.3, 0.4) is 0 Å². The first-order valence-electron chi connectivity index (χ1n) is 6.83. The minimum absolute atomic E-state index is 0.0825. The lowest BCUT2D eigenvalue weighted by atomic mass is 10.1. The maximum absolute atomic E-state index is 12.4. The largest absolute Gasteiger partial charge is 0.465 e. The molecular weight excluding hydrogens is 292 g/mol. The molecule has 1 aromatic carbocycles. The number of benzene rings is 1. The van der Waals surface area contributed by atoms with Crippen molar-refractivity contribution < 1.29 is 17.9 Å². The van der Waals surface area contributed by atoms with Crippen molar-refractivity contribution in [1.82, 2.24) is 4.31 Å². The van der Waals surface area contributed by atoms with Gasteiger partial charge in [0.1, 0.15) is 0 Å². The minimum atomic E-state index is -3.38. The molecule has 21 heavy (non-hydrogen) atoms. The van der Waals surface area contributed by atoms with Crippen LogP contribution in [0, 0.1) is 0 Å². The van der Waals surface area contributed by atoms with Crippen molar-refractivity contribution in [3.63, 3.8) is 0 Å². The summed E-state index contributed by atoms with van der Waals surface area (Å²) in [6.07, 6.45) is 1.36. The maximum Gasteiger partial charge on any atom is 0.337 e. The van der Waals surface area contributed by atoms with E-state index in [1.807, 2.05) is 0 Å². The molecule has 0 bridgehead atoms. The van der Waals surface area contributed by atoms with Gasteiger partial charge < -0.3 is 10.5 Å². The number of sulfonamides is 1. The monoisotopic (exact) mass is 312 g/mol. The fourth-order valence-corrected chi connectivity index (χ4v) is 3.91. The molecule has 0 radical (unpaired) electrons. The molecule has 0 aliphatic carbocycles. The van der Waals surface area contributed by atoms with Gasteiger partial charge >= 0.3 is 5.97 Å². The maximum atomic E-state index is 12.4. The summed E-state index contributed by atoms with van der Waals surface area (Å²) < 4.78 is 30.9. The standard InChI is InChI=1S/C14H20N2O4S/c1-20-14(17)12-4-2-3-11(9-12)10-21(18,19)16-7-5-13(15)6-8-16/h2-4,9,13H,5-8,10,15H2,1H3. The average Bonchev–Trinajstić information content (AvgIpc) is 2.46. The predicted octanol–water partition coefficient (Wildman–Crippen LogP) is 0.726. The lowest BCUT2D eigenvalue weighted by molar-refractivity contribution is 0.0600. The van der Waals surface area contributed by atoms with E-state index in [9.17, 15) is 13.2 Å². The van der Waals surface area contributed by atoms with E-state index in [-0.39, 0.29) is 11.8 Å². The van der Waals surface area contributed by atoms with E-state index >= 15 is 0 Å². The highest BCUT2D eigenvalue weighted by Gasteiger charge is 2.26. The van der Waals surface area contributed by atoms with Gasteiger partial charge in [0.25, 0.3) is 0 Å². The van der Waals surface area contributed by atoms with Gasteiger partial charge in [-0.25, -0.2) is 17.5 Å². The average molecular weight is 312 g/mol. The van der Waals surface area contributed by atoms with E-state index in [4.69, 9.17) is 5.73 Å². The van der Waals surface area contributed by atoms with Crippen LogP contribution in [0.15, 0.2) is 24.3 Å². The third-order valence-corrected chi connectivity index (χ3v) is 5.44. The molecule has 2 rings (SSSR count). The molecule has 0 atom stereocenters. The zero-order valence-corrected chi connectivity index (χ0v) is 12.8. The van der Waals surface area contributed by atoms with Crippen LogP contribution < -0.4 is 5.73 Å². The number of carbonyl (C=O) groups is 1. The number of nitrogens with zero attached hydrogens (tertiary/aromatic N) is 1. The highest BCUT2D eigenvalue weighted by atomic mass is 32.2. The SMILES string of the molecule is COC(=O)c1cccc(CS(=O)(=O)N2CCC(N)CC2)c1. The molecule has 7 heteroatoms. The first-order valence-corrected chi connectivity index (χ1v) is 8.44. The van der Waals surface area contributed by atoms with Crippen molar-refractivity contribution in [3.05, 3.63) is 35.4 Å². The number of carbonyl (C=O) groups excluding carboxylic acids is 1. The van der Waals surface area contributed by atoms with Gasteiger partial charge in [-0.3, -0.25) is 0 Å². The topological polar surface area (TPSA) is 89.7 Å². The molecule has 0 amide bonds. The van der Waals surface area contributed by atoms with E-state index in [1.54, 1.807) is 24.3 Å². The number of rotatable bonds is 4. The smallest absolute Gasteiger partial charge is 0.337 e. The summed E-state index contributed by atoms with van der Waals surface area (Å²) in [5.41, 5.74) is 6.72. The van der Waals surface area contributed by atoms with E-state index in [0.717, 1.165) is 0 Å². The number of ether oxygens (including phenoxy) is 1. The molecule has 1 saturated heterocycles. The van der Waals surface area contributed by atoms with Crippen LogP contribution in [0.1, 0.15) is 28.8 Å². The van der Waals surface area contributed by atoms with Crippen LogP contribution in [0.2, 0.25) is 0 Å². The molecule has 116 valence electrons. The normalized spacial score (nSPS) is 17.6. The second-order valence-corrected chi connectivity index (χ2v) is 7.15. The summed E-state index contributed by atoms with van der Waals surface area (Å²) >= 11 is 0. The number of hydrogen-bond donors (Lipinski definition) is 1. The minimum Gasteiger partial charge on any atom is -0.465 e. The van der Waals surface area contributed by atoms with Crippen LogP contribution in [0.4, 0.5) is 0 Å². The van der Waals surface area contributed by atoms with Crippen LogP contribution in [-0.4, -0.2) is 44.9 Å². The van der Waals surface area contributed by atoms with Gasteiger partial charge in [0.15, 0.2) is 0 Å². The highest BCUT2D eigenvalue weighted by Crippen LogP contribution is 2.17. The fourth-order valence-electron chi connectivity index (χ4n) is 2.36. The second kappa shape index (κ2) is 6.55. The summed E-state index contributed by atoms with van der Waals surface area (Å²) in [5.74, 6) is -0.592. The molecule has 6 nitrogen and oxygen atoms in total. The van der Waals surface area contributed by atoms with Crippen molar-refractivity contribution in [3.8, 4) is 0 Å². The zero-order valence-electron chi connectivity index (χ0n) is 12.0. The first kappa shape index (κ1) is 15.9. The van der Waals surface area contributed by atoms with Crippen LogP contribution in [0.5, 0.6) is 0 Å². The van der Waals surface area contributed by atoms with Gasteiger partial charge in [-0.15, -0.1) is 0 Å². The molecule has 0 saturated carbocycles. The Morgan fingerprint density at radius 3 is 2.67 bits per heavy atom. The number of nitrogens with two attached hydrogens (primary N) is 1. The Morgan fingerprint density at radius 1 is 1.38 bits per heavy atom. The third-order valence-electron chi connectivity index (χ3n) is 3.59. The summed E-state index contributed by atoms with van der Waals surface area (Å²) in [6, 6.07) is 6.59. The van der Waals surface area contributed by atoms with E-state index in [2.05, 4.69) is 4.74 Å². The van der Waals surface area contributed by atoms with Gasteiger partial charge in [0, 0.05) is 19.1 Å². The van der Waals surface area contributed by atoms with Crippen LogP contribution in [-0.2, 0) is 20.5 Å². The Kier molecular flexibility index (Phi) is 4.97. The molecule has 0 spiro atoms. The van der Waals surface area contributed by atoms with Crippen LogP contribution in [0.25, 0.3) is 0 Å². The Labute approximate surface area is 124 Å². The summed E-state index contributed by atoms with van der Waals surface area (Å²) in [4.78, 5) is 11.5. The lowest BCUT2D eigenvalue weighted by Crippen LogP contribution is -2.43. The molecular formula is C14H20N2O4S. The molecule has 2 N–H and O–H groups in total. The number of hydrogen-bond acceptors (Lipinski definition) is 5. The second-order valence-electron chi connectivity index (χ2n) is 5.18. The Balaban J connectivity index is 2.11. The lowest BCUT2D eigenvalue weighted by Gasteiger charge is -2.29. The summed E-state index contributed by atoms with van der Waals surface area (Å²) in [6.45, 7) is 0.917. The Bertz CT molecular complexity index is 607. The van der Waals surface area contributed by atoms with Crippen molar-refractivity contribution >= 4 is 16.0 Å². The third kappa shape index (κ3) is 4.03. The molecule has 1 aliphatic rings. The van der Waals surface area contributed by atoms with E-state index in [1.165, 1.54) is 11.4 Å². The van der Waals surface area contributed by atoms with Gasteiger partial charge in [0.05, 0.1) is 18.4 Å².